The molecule has 1 aliphatic carbocycles. The van der Waals surface area contributed by atoms with E-state index in [1.54, 1.807) is 6.07 Å². The number of carbonyl (C=O) groups excluding carboxylic acids is 1. The fourth-order valence-electron chi connectivity index (χ4n) is 5.12. The molecule has 1 aromatic carbocycles. The normalized spacial score (nSPS) is 23.2. The zero-order valence-corrected chi connectivity index (χ0v) is 20.1. The topological polar surface area (TPSA) is 67.8 Å². The Labute approximate surface area is 195 Å². The van der Waals surface area contributed by atoms with Gasteiger partial charge in [0.2, 0.25) is 0 Å². The van der Waals surface area contributed by atoms with Gasteiger partial charge in [0.1, 0.15) is 0 Å². The molecular weight excluding hydrogens is 525 g/mol. The predicted octanol–water partition coefficient (Wildman–Crippen LogP) is 1.29. The molecule has 2 bridgehead atoms. The number of hydrogen-bond acceptors (Lipinski definition) is 4. The fourth-order valence-corrected chi connectivity index (χ4v) is 10.2. The van der Waals surface area contributed by atoms with Crippen LogP contribution in [0.2, 0.25) is 0 Å². The summed E-state index contributed by atoms with van der Waals surface area (Å²) in [6.07, 6.45) is 0. The third-order valence-electron chi connectivity index (χ3n) is 6.84. The number of rotatable bonds is 3. The Morgan fingerprint density at radius 2 is 1.84 bits per heavy atom. The van der Waals surface area contributed by atoms with Crippen molar-refractivity contribution in [2.24, 2.45) is 5.41 Å². The minimum atomic E-state index is -0.647. The van der Waals surface area contributed by atoms with Crippen LogP contribution < -0.4 is 26.5 Å². The predicted molar refractivity (Wildman–Crippen MR) is 113 cm³/mol. The van der Waals surface area contributed by atoms with Crippen LogP contribution >= 0.6 is 0 Å². The number of benzene rings is 1. The third-order valence-corrected chi connectivity index (χ3v) is 10.0. The summed E-state index contributed by atoms with van der Waals surface area (Å²) >= 11 is -0.135. The first-order valence-corrected chi connectivity index (χ1v) is 13.4. The number of halogens is 3. The second kappa shape index (κ2) is 7.54. The molecule has 2 atom stereocenters. The van der Waals surface area contributed by atoms with Crippen LogP contribution in [-0.2, 0) is 10.2 Å². The van der Waals surface area contributed by atoms with Gasteiger partial charge in [0.05, 0.1) is 0 Å². The Hall–Kier alpha value is -2.49. The minimum absolute atomic E-state index is 0.135. The fraction of sp³-hybridized carbons (Fsp3) is 0.333. The molecule has 3 heterocycles. The van der Waals surface area contributed by atoms with E-state index in [1.165, 1.54) is 25.1 Å². The standard InChI is InChI=1S/C24H22F2IN4O/c1-13(32)28-20-9-5-8-19(29-20)24-12-27-11-15(23(24,2)3)14-10-18(30-31-22(14)24)21-16(25)6-4-7-17(21)26/h4-10,15H,11-12H2,1-3H3,(H,28,29,32)/q-1/t15-,24-/m0/s1. The van der Waals surface area contributed by atoms with Crippen LogP contribution in [0.15, 0.2) is 42.5 Å². The SMILES string of the molecule is CC(=O)Nc1cccc([C@@]23C[I-]C[C@@H](c4cc(-c5c(F)cccc5F)nnc42)C3(C)C)n1. The molecule has 5 rings (SSSR count). The van der Waals surface area contributed by atoms with Gasteiger partial charge in [-0.2, -0.15) is 0 Å². The number of carbonyl (C=O) groups is 1. The van der Waals surface area contributed by atoms with Crippen molar-refractivity contribution in [1.29, 1.82) is 0 Å². The number of fused-ring (bicyclic) bond motifs is 5. The van der Waals surface area contributed by atoms with E-state index in [-0.39, 0.29) is 49.7 Å². The van der Waals surface area contributed by atoms with E-state index in [9.17, 15) is 13.6 Å². The summed E-state index contributed by atoms with van der Waals surface area (Å²) in [6, 6.07) is 11.3. The van der Waals surface area contributed by atoms with Crippen molar-refractivity contribution < 1.29 is 34.8 Å². The summed E-state index contributed by atoms with van der Waals surface area (Å²) in [5.74, 6) is -0.762. The molecule has 1 amide bonds. The molecular formula is C24H22F2IN4O-. The van der Waals surface area contributed by atoms with Gasteiger partial charge >= 0.3 is 196 Å². The first kappa shape index (κ1) is 21.4. The molecule has 1 fully saturated rings. The van der Waals surface area contributed by atoms with Gasteiger partial charge < -0.3 is 0 Å². The summed E-state index contributed by atoms with van der Waals surface area (Å²) in [5, 5.41) is 11.7. The first-order chi connectivity index (χ1) is 15.3. The molecule has 5 nitrogen and oxygen atoms in total. The Morgan fingerprint density at radius 1 is 1.12 bits per heavy atom. The van der Waals surface area contributed by atoms with Crippen molar-refractivity contribution in [2.75, 3.05) is 14.2 Å². The van der Waals surface area contributed by atoms with Crippen LogP contribution in [-0.4, -0.2) is 29.9 Å². The van der Waals surface area contributed by atoms with Crippen molar-refractivity contribution in [1.82, 2.24) is 15.2 Å². The number of amides is 1. The van der Waals surface area contributed by atoms with Crippen molar-refractivity contribution in [3.05, 3.63) is 71.1 Å². The van der Waals surface area contributed by atoms with E-state index < -0.39 is 17.0 Å². The molecule has 1 N–H and O–H groups in total. The summed E-state index contributed by atoms with van der Waals surface area (Å²) in [5.41, 5.74) is 2.12. The molecule has 2 aliphatic rings. The summed E-state index contributed by atoms with van der Waals surface area (Å²) in [7, 11) is 0. The van der Waals surface area contributed by atoms with E-state index in [1.807, 2.05) is 18.2 Å². The molecule has 0 unspecified atom stereocenters. The molecule has 3 aromatic rings. The molecule has 32 heavy (non-hydrogen) atoms. The van der Waals surface area contributed by atoms with Gasteiger partial charge in [0.15, 0.2) is 0 Å². The zero-order chi connectivity index (χ0) is 22.7. The van der Waals surface area contributed by atoms with Crippen LogP contribution in [0.1, 0.15) is 43.6 Å². The number of alkyl halides is 2. The second-order valence-corrected chi connectivity index (χ2v) is 11.6. The Morgan fingerprint density at radius 3 is 2.56 bits per heavy atom. The number of nitrogens with zero attached hydrogens (tertiary/aromatic N) is 3. The van der Waals surface area contributed by atoms with E-state index in [0.29, 0.717) is 5.82 Å². The maximum absolute atomic E-state index is 14.5. The van der Waals surface area contributed by atoms with E-state index >= 15 is 0 Å². The molecule has 0 radical (unpaired) electrons. The van der Waals surface area contributed by atoms with E-state index in [0.717, 1.165) is 25.8 Å². The number of nitrogens with one attached hydrogen (secondary N) is 1. The number of aromatic nitrogens is 3. The van der Waals surface area contributed by atoms with Crippen molar-refractivity contribution in [3.8, 4) is 11.3 Å². The van der Waals surface area contributed by atoms with Gasteiger partial charge in [0, 0.05) is 0 Å². The Balaban J connectivity index is 1.71. The average molecular weight is 547 g/mol. The molecule has 2 aromatic heterocycles. The van der Waals surface area contributed by atoms with Crippen LogP contribution in [0.5, 0.6) is 0 Å². The van der Waals surface area contributed by atoms with Gasteiger partial charge in [0.25, 0.3) is 0 Å². The van der Waals surface area contributed by atoms with Gasteiger partial charge in [-0.25, -0.2) is 0 Å². The van der Waals surface area contributed by atoms with Crippen LogP contribution in [0.25, 0.3) is 11.3 Å². The number of hydrogen-bond donors (Lipinski definition) is 1. The summed E-state index contributed by atoms with van der Waals surface area (Å²) in [6.45, 7) is 5.90. The first-order valence-electron chi connectivity index (χ1n) is 10.4. The summed E-state index contributed by atoms with van der Waals surface area (Å²) < 4.78 is 30.9. The van der Waals surface area contributed by atoms with Crippen LogP contribution in [0.4, 0.5) is 14.6 Å². The number of anilines is 1. The van der Waals surface area contributed by atoms with Gasteiger partial charge in [-0.15, -0.1) is 0 Å². The van der Waals surface area contributed by atoms with Crippen molar-refractivity contribution in [2.45, 2.75) is 32.1 Å². The quantitative estimate of drug-likeness (QED) is 0.397. The Bertz CT molecular complexity index is 1230. The summed E-state index contributed by atoms with van der Waals surface area (Å²) in [4.78, 5) is 16.4. The molecule has 1 saturated heterocycles. The van der Waals surface area contributed by atoms with Gasteiger partial charge in [-0.05, 0) is 0 Å². The van der Waals surface area contributed by atoms with Crippen molar-refractivity contribution >= 4 is 11.7 Å². The van der Waals surface area contributed by atoms with Crippen LogP contribution in [0, 0.1) is 17.0 Å². The third kappa shape index (κ3) is 2.98. The number of pyridine rings is 1. The molecule has 166 valence electrons. The molecule has 8 heteroatoms. The molecule has 0 saturated carbocycles. The molecule has 0 spiro atoms. The van der Waals surface area contributed by atoms with E-state index in [2.05, 4.69) is 29.4 Å². The second-order valence-electron chi connectivity index (χ2n) is 8.88. The average Bonchev–Trinajstić information content (AvgIpc) is 2.84. The maximum atomic E-state index is 14.5. The van der Waals surface area contributed by atoms with Crippen LogP contribution in [0.3, 0.4) is 0 Å². The van der Waals surface area contributed by atoms with E-state index in [4.69, 9.17) is 4.98 Å². The van der Waals surface area contributed by atoms with Crippen molar-refractivity contribution in [3.63, 3.8) is 0 Å². The molecule has 1 aliphatic heterocycles. The zero-order valence-electron chi connectivity index (χ0n) is 17.9. The van der Waals surface area contributed by atoms with Gasteiger partial charge in [-0.1, -0.05) is 0 Å². The monoisotopic (exact) mass is 547 g/mol. The van der Waals surface area contributed by atoms with Gasteiger partial charge in [-0.3, -0.25) is 0 Å². The Kier molecular flexibility index (Phi) is 5.03.